The summed E-state index contributed by atoms with van der Waals surface area (Å²) in [5.74, 6) is 1.23. The second kappa shape index (κ2) is 10.2. The van der Waals surface area contributed by atoms with Gasteiger partial charge in [-0.25, -0.2) is 9.78 Å². The minimum atomic E-state index is -0.799. The zero-order chi connectivity index (χ0) is 20.0. The number of ether oxygens (including phenoxy) is 2. The fourth-order valence-electron chi connectivity index (χ4n) is 2.63. The van der Waals surface area contributed by atoms with Crippen LogP contribution >= 0.6 is 35.0 Å². The van der Waals surface area contributed by atoms with Crippen LogP contribution in [0, 0.1) is 0 Å². The third-order valence-corrected chi connectivity index (χ3v) is 5.14. The van der Waals surface area contributed by atoms with Crippen LogP contribution < -0.4 is 5.73 Å². The number of nitrogens with two attached hydrogens (primary N) is 1. The Hall–Kier alpha value is -1.41. The van der Waals surface area contributed by atoms with Crippen molar-refractivity contribution < 1.29 is 14.3 Å². The summed E-state index contributed by atoms with van der Waals surface area (Å²) in [6, 6.07) is 5.45. The molecule has 0 aliphatic heterocycles. The van der Waals surface area contributed by atoms with Gasteiger partial charge in [0.15, 0.2) is 0 Å². The summed E-state index contributed by atoms with van der Waals surface area (Å²) in [5, 5.41) is 2.12. The first-order valence-corrected chi connectivity index (χ1v) is 10.0. The number of amides is 1. The Bertz CT molecular complexity index is 776. The molecule has 0 saturated carbocycles. The van der Waals surface area contributed by atoms with Gasteiger partial charge < -0.3 is 19.8 Å². The van der Waals surface area contributed by atoms with E-state index in [2.05, 4.69) is 23.2 Å². The SMILES string of the molecule is CC(C)c1c(Sc2cc(Cl)cc(Cl)c2)nc(CCOCCOC(N)=O)n1C. The van der Waals surface area contributed by atoms with Gasteiger partial charge in [0, 0.05) is 28.4 Å². The van der Waals surface area contributed by atoms with E-state index in [0.29, 0.717) is 35.6 Å². The maximum atomic E-state index is 10.5. The molecule has 2 rings (SSSR count). The normalized spacial score (nSPS) is 11.2. The number of halogens is 2. The van der Waals surface area contributed by atoms with Crippen LogP contribution in [0.4, 0.5) is 4.79 Å². The zero-order valence-electron chi connectivity index (χ0n) is 15.5. The van der Waals surface area contributed by atoms with Gasteiger partial charge in [0.2, 0.25) is 0 Å². The first kappa shape index (κ1) is 21.9. The molecule has 1 aromatic carbocycles. The van der Waals surface area contributed by atoms with Crippen molar-refractivity contribution in [1.82, 2.24) is 9.55 Å². The van der Waals surface area contributed by atoms with Gasteiger partial charge in [-0.2, -0.15) is 0 Å². The number of rotatable bonds is 9. The average Bonchev–Trinajstić information content (AvgIpc) is 2.85. The van der Waals surface area contributed by atoms with Crippen LogP contribution in [-0.2, 0) is 22.9 Å². The molecule has 148 valence electrons. The minimum Gasteiger partial charge on any atom is -0.447 e. The molecule has 0 saturated heterocycles. The molecule has 0 spiro atoms. The highest BCUT2D eigenvalue weighted by Crippen LogP contribution is 2.36. The van der Waals surface area contributed by atoms with E-state index < -0.39 is 6.09 Å². The van der Waals surface area contributed by atoms with Crippen LogP contribution in [0.15, 0.2) is 28.1 Å². The second-order valence-electron chi connectivity index (χ2n) is 6.17. The van der Waals surface area contributed by atoms with Crippen LogP contribution in [0.1, 0.15) is 31.3 Å². The van der Waals surface area contributed by atoms with Gasteiger partial charge in [-0.3, -0.25) is 0 Å². The summed E-state index contributed by atoms with van der Waals surface area (Å²) in [5.41, 5.74) is 6.04. The fourth-order valence-corrected chi connectivity index (χ4v) is 4.51. The quantitative estimate of drug-likeness (QED) is 0.584. The summed E-state index contributed by atoms with van der Waals surface area (Å²) >= 11 is 13.8. The maximum absolute atomic E-state index is 10.5. The summed E-state index contributed by atoms with van der Waals surface area (Å²) in [4.78, 5) is 16.2. The Kier molecular flexibility index (Phi) is 8.28. The van der Waals surface area contributed by atoms with Crippen molar-refractivity contribution in [3.63, 3.8) is 0 Å². The third kappa shape index (κ3) is 6.60. The number of hydrogen-bond acceptors (Lipinski definition) is 5. The lowest BCUT2D eigenvalue weighted by Gasteiger charge is -2.11. The molecule has 6 nitrogen and oxygen atoms in total. The molecule has 0 radical (unpaired) electrons. The van der Waals surface area contributed by atoms with Crippen molar-refractivity contribution in [2.45, 2.75) is 36.1 Å². The predicted molar refractivity (Wildman–Crippen MR) is 108 cm³/mol. The van der Waals surface area contributed by atoms with E-state index in [9.17, 15) is 4.79 Å². The Morgan fingerprint density at radius 1 is 1.22 bits per heavy atom. The first-order valence-electron chi connectivity index (χ1n) is 8.47. The molecule has 1 aromatic heterocycles. The topological polar surface area (TPSA) is 79.4 Å². The average molecular weight is 432 g/mol. The Labute approximate surface area is 173 Å². The van der Waals surface area contributed by atoms with E-state index in [4.69, 9.17) is 38.7 Å². The molecule has 0 bridgehead atoms. The van der Waals surface area contributed by atoms with Gasteiger partial charge in [-0.1, -0.05) is 48.8 Å². The smallest absolute Gasteiger partial charge is 0.404 e. The Morgan fingerprint density at radius 2 is 1.89 bits per heavy atom. The van der Waals surface area contributed by atoms with Crippen molar-refractivity contribution >= 4 is 41.1 Å². The fraction of sp³-hybridized carbons (Fsp3) is 0.444. The molecule has 0 fully saturated rings. The van der Waals surface area contributed by atoms with Crippen LogP contribution in [-0.4, -0.2) is 35.5 Å². The third-order valence-electron chi connectivity index (χ3n) is 3.74. The molecule has 0 atom stereocenters. The first-order chi connectivity index (χ1) is 12.8. The molecule has 1 heterocycles. The number of imidazole rings is 1. The monoisotopic (exact) mass is 431 g/mol. The molecule has 9 heteroatoms. The summed E-state index contributed by atoms with van der Waals surface area (Å²) in [7, 11) is 2.00. The van der Waals surface area contributed by atoms with Crippen LogP contribution in [0.25, 0.3) is 0 Å². The zero-order valence-corrected chi connectivity index (χ0v) is 17.8. The molecule has 0 aliphatic rings. The summed E-state index contributed by atoms with van der Waals surface area (Å²) in [6.45, 7) is 5.18. The number of carbonyl (C=O) groups is 1. The van der Waals surface area contributed by atoms with Gasteiger partial charge in [0.25, 0.3) is 0 Å². The standard InChI is InChI=1S/C18H23Cl2N3O3S/c1-11(2)16-17(27-14-9-12(19)8-13(20)10-14)22-15(23(16)3)4-5-25-6-7-26-18(21)24/h8-11H,4-7H2,1-3H3,(H2,21,24). The van der Waals surface area contributed by atoms with Gasteiger partial charge >= 0.3 is 6.09 Å². The molecule has 27 heavy (non-hydrogen) atoms. The van der Waals surface area contributed by atoms with Gasteiger partial charge in [0.1, 0.15) is 17.5 Å². The van der Waals surface area contributed by atoms with E-state index in [0.717, 1.165) is 21.4 Å². The van der Waals surface area contributed by atoms with E-state index in [1.165, 1.54) is 0 Å². The van der Waals surface area contributed by atoms with Gasteiger partial charge in [-0.05, 0) is 24.1 Å². The summed E-state index contributed by atoms with van der Waals surface area (Å²) < 4.78 is 12.2. The lowest BCUT2D eigenvalue weighted by atomic mass is 10.1. The molecule has 0 unspecified atom stereocenters. The lowest BCUT2D eigenvalue weighted by Crippen LogP contribution is -2.17. The lowest BCUT2D eigenvalue weighted by molar-refractivity contribution is 0.0772. The number of aromatic nitrogens is 2. The van der Waals surface area contributed by atoms with Gasteiger partial charge in [0.05, 0.1) is 18.9 Å². The highest BCUT2D eigenvalue weighted by Gasteiger charge is 2.18. The van der Waals surface area contributed by atoms with Crippen molar-refractivity contribution in [3.8, 4) is 0 Å². The second-order valence-corrected chi connectivity index (χ2v) is 8.10. The highest BCUT2D eigenvalue weighted by molar-refractivity contribution is 7.99. The largest absolute Gasteiger partial charge is 0.447 e. The number of benzene rings is 1. The molecule has 0 aliphatic carbocycles. The van der Waals surface area contributed by atoms with E-state index in [-0.39, 0.29) is 6.61 Å². The molecular weight excluding hydrogens is 409 g/mol. The van der Waals surface area contributed by atoms with Crippen LogP contribution in [0.2, 0.25) is 10.0 Å². The van der Waals surface area contributed by atoms with Crippen molar-refractivity contribution in [1.29, 1.82) is 0 Å². The minimum absolute atomic E-state index is 0.143. The number of carbonyl (C=O) groups excluding carboxylic acids is 1. The van der Waals surface area contributed by atoms with Crippen LogP contribution in [0.3, 0.4) is 0 Å². The highest BCUT2D eigenvalue weighted by atomic mass is 35.5. The van der Waals surface area contributed by atoms with E-state index >= 15 is 0 Å². The Morgan fingerprint density at radius 3 is 2.48 bits per heavy atom. The number of hydrogen-bond donors (Lipinski definition) is 1. The van der Waals surface area contributed by atoms with E-state index in [1.807, 2.05) is 19.2 Å². The number of primary amides is 1. The molecule has 2 aromatic rings. The van der Waals surface area contributed by atoms with E-state index in [1.54, 1.807) is 17.8 Å². The predicted octanol–water partition coefficient (Wildman–Crippen LogP) is 4.66. The van der Waals surface area contributed by atoms with Crippen molar-refractivity contribution in [2.75, 3.05) is 19.8 Å². The molecule has 2 N–H and O–H groups in total. The maximum Gasteiger partial charge on any atom is 0.404 e. The number of nitrogens with zero attached hydrogens (tertiary/aromatic N) is 2. The van der Waals surface area contributed by atoms with Gasteiger partial charge in [-0.15, -0.1) is 0 Å². The molecule has 1 amide bonds. The molecular formula is C18H23Cl2N3O3S. The summed E-state index contributed by atoms with van der Waals surface area (Å²) in [6.07, 6.45) is -0.157. The Balaban J connectivity index is 2.07. The van der Waals surface area contributed by atoms with Crippen molar-refractivity contribution in [2.24, 2.45) is 12.8 Å². The van der Waals surface area contributed by atoms with Crippen molar-refractivity contribution in [3.05, 3.63) is 39.8 Å². The van der Waals surface area contributed by atoms with Crippen LogP contribution in [0.5, 0.6) is 0 Å².